The Balaban J connectivity index is 3.93. The first-order chi connectivity index (χ1) is 4.33. The van der Waals surface area contributed by atoms with Gasteiger partial charge in [-0.25, -0.2) is 0 Å². The summed E-state index contributed by atoms with van der Waals surface area (Å²) in [6.07, 6.45) is 0.669. The first-order valence-electron chi connectivity index (χ1n) is 3.30. The molecule has 0 saturated heterocycles. The van der Waals surface area contributed by atoms with Gasteiger partial charge in [0, 0.05) is 5.57 Å². The molecule has 0 rings (SSSR count). The van der Waals surface area contributed by atoms with E-state index in [1.165, 1.54) is 0 Å². The lowest BCUT2D eigenvalue weighted by molar-refractivity contribution is -0.114. The molecule has 2 nitrogen and oxygen atoms in total. The largest absolute Gasteiger partial charge is 0.366 e. The zero-order chi connectivity index (χ0) is 8.36. The highest BCUT2D eigenvalue weighted by molar-refractivity contribution is 5.91. The van der Waals surface area contributed by atoms with E-state index >= 15 is 0 Å². The summed E-state index contributed by atoms with van der Waals surface area (Å²) in [5.41, 5.74) is 5.61. The van der Waals surface area contributed by atoms with E-state index in [9.17, 15) is 4.79 Å². The van der Waals surface area contributed by atoms with E-state index in [1.54, 1.807) is 0 Å². The summed E-state index contributed by atoms with van der Waals surface area (Å²) in [5, 5.41) is 0. The van der Waals surface area contributed by atoms with Gasteiger partial charge in [-0.15, -0.1) is 0 Å². The van der Waals surface area contributed by atoms with Crippen LogP contribution in [-0.4, -0.2) is 5.91 Å². The maximum Gasteiger partial charge on any atom is 0.244 e. The minimum absolute atomic E-state index is 0.103. The van der Waals surface area contributed by atoms with Crippen molar-refractivity contribution < 1.29 is 4.79 Å². The fourth-order valence-corrected chi connectivity index (χ4v) is 0.727. The molecule has 58 valence electrons. The smallest absolute Gasteiger partial charge is 0.244 e. The van der Waals surface area contributed by atoms with Gasteiger partial charge in [-0.1, -0.05) is 27.4 Å². The standard InChI is InChI=1S/C8H15NO/c1-6(7(9)10)5-8(2,3)4/h1,5H2,2-4H3,(H2,9,10). The molecule has 0 aliphatic carbocycles. The van der Waals surface area contributed by atoms with E-state index in [4.69, 9.17) is 5.73 Å². The lowest BCUT2D eigenvalue weighted by Gasteiger charge is -2.17. The Morgan fingerprint density at radius 1 is 1.50 bits per heavy atom. The molecule has 10 heavy (non-hydrogen) atoms. The minimum Gasteiger partial charge on any atom is -0.366 e. The van der Waals surface area contributed by atoms with Crippen LogP contribution in [0.2, 0.25) is 0 Å². The van der Waals surface area contributed by atoms with Crippen LogP contribution in [0.3, 0.4) is 0 Å². The molecule has 0 aromatic carbocycles. The molecule has 0 radical (unpaired) electrons. The predicted molar refractivity (Wildman–Crippen MR) is 42.4 cm³/mol. The highest BCUT2D eigenvalue weighted by Gasteiger charge is 2.14. The highest BCUT2D eigenvalue weighted by atomic mass is 16.1. The molecule has 0 atom stereocenters. The van der Waals surface area contributed by atoms with E-state index in [-0.39, 0.29) is 5.41 Å². The Bertz CT molecular complexity index is 153. The van der Waals surface area contributed by atoms with Gasteiger partial charge >= 0.3 is 0 Å². The van der Waals surface area contributed by atoms with Gasteiger partial charge in [0.25, 0.3) is 0 Å². The Hall–Kier alpha value is -0.790. The van der Waals surface area contributed by atoms with Crippen LogP contribution in [0, 0.1) is 5.41 Å². The molecule has 0 aliphatic rings. The highest BCUT2D eigenvalue weighted by Crippen LogP contribution is 2.22. The van der Waals surface area contributed by atoms with E-state index in [0.717, 1.165) is 0 Å². The second-order valence-electron chi connectivity index (χ2n) is 3.71. The summed E-state index contributed by atoms with van der Waals surface area (Å²) in [6.45, 7) is 9.69. The van der Waals surface area contributed by atoms with Crippen LogP contribution in [0.25, 0.3) is 0 Å². The minimum atomic E-state index is -0.394. The van der Waals surface area contributed by atoms with Crippen LogP contribution < -0.4 is 5.73 Å². The van der Waals surface area contributed by atoms with Crippen LogP contribution in [0.1, 0.15) is 27.2 Å². The fraction of sp³-hybridized carbons (Fsp3) is 0.625. The number of amides is 1. The number of hydrogen-bond acceptors (Lipinski definition) is 1. The number of rotatable bonds is 2. The monoisotopic (exact) mass is 141 g/mol. The molecule has 0 saturated carbocycles. The molecule has 2 heteroatoms. The van der Waals surface area contributed by atoms with Crippen LogP contribution in [0.15, 0.2) is 12.2 Å². The average molecular weight is 141 g/mol. The molecular weight excluding hydrogens is 126 g/mol. The molecule has 0 spiro atoms. The summed E-state index contributed by atoms with van der Waals surface area (Å²) < 4.78 is 0. The molecule has 0 aromatic heterocycles. The Labute approximate surface area is 62.1 Å². The molecule has 0 aliphatic heterocycles. The first kappa shape index (κ1) is 9.21. The van der Waals surface area contributed by atoms with E-state index in [0.29, 0.717) is 12.0 Å². The van der Waals surface area contributed by atoms with Gasteiger partial charge in [0.15, 0.2) is 0 Å². The van der Waals surface area contributed by atoms with Crippen molar-refractivity contribution in [3.63, 3.8) is 0 Å². The van der Waals surface area contributed by atoms with Crippen molar-refractivity contribution in [3.8, 4) is 0 Å². The second-order valence-corrected chi connectivity index (χ2v) is 3.71. The SMILES string of the molecule is C=C(CC(C)(C)C)C(N)=O. The predicted octanol–water partition coefficient (Wildman–Crippen LogP) is 1.46. The lowest BCUT2D eigenvalue weighted by atomic mass is 9.88. The number of carbonyl (C=O) groups excluding carboxylic acids is 1. The summed E-state index contributed by atoms with van der Waals surface area (Å²) in [7, 11) is 0. The van der Waals surface area contributed by atoms with Crippen molar-refractivity contribution in [2.45, 2.75) is 27.2 Å². The summed E-state index contributed by atoms with van der Waals surface area (Å²) in [4.78, 5) is 10.5. The van der Waals surface area contributed by atoms with E-state index in [2.05, 4.69) is 6.58 Å². The molecule has 0 aromatic rings. The maximum atomic E-state index is 10.5. The van der Waals surface area contributed by atoms with Gasteiger partial charge in [-0.3, -0.25) is 4.79 Å². The fourth-order valence-electron chi connectivity index (χ4n) is 0.727. The molecule has 1 amide bonds. The molecule has 2 N–H and O–H groups in total. The van der Waals surface area contributed by atoms with Gasteiger partial charge < -0.3 is 5.73 Å². The Morgan fingerprint density at radius 3 is 2.00 bits per heavy atom. The average Bonchev–Trinajstić information content (AvgIpc) is 1.60. The topological polar surface area (TPSA) is 43.1 Å². The van der Waals surface area contributed by atoms with Crippen LogP contribution in [-0.2, 0) is 4.79 Å². The number of nitrogens with two attached hydrogens (primary N) is 1. The van der Waals surface area contributed by atoms with Gasteiger partial charge in [0.05, 0.1) is 0 Å². The Kier molecular flexibility index (Phi) is 2.64. The van der Waals surface area contributed by atoms with Crippen molar-refractivity contribution in [3.05, 3.63) is 12.2 Å². The molecule has 0 unspecified atom stereocenters. The van der Waals surface area contributed by atoms with Gasteiger partial charge in [-0.2, -0.15) is 0 Å². The van der Waals surface area contributed by atoms with Gasteiger partial charge in [-0.05, 0) is 11.8 Å². The normalized spacial score (nSPS) is 11.1. The van der Waals surface area contributed by atoms with E-state index in [1.807, 2.05) is 20.8 Å². The van der Waals surface area contributed by atoms with Crippen LogP contribution in [0.4, 0.5) is 0 Å². The first-order valence-corrected chi connectivity index (χ1v) is 3.30. The zero-order valence-electron chi connectivity index (χ0n) is 6.90. The quantitative estimate of drug-likeness (QED) is 0.581. The van der Waals surface area contributed by atoms with Crippen LogP contribution in [0.5, 0.6) is 0 Å². The van der Waals surface area contributed by atoms with Gasteiger partial charge in [0.1, 0.15) is 0 Å². The van der Waals surface area contributed by atoms with Crippen molar-refractivity contribution in [1.29, 1.82) is 0 Å². The van der Waals surface area contributed by atoms with Crippen molar-refractivity contribution >= 4 is 5.91 Å². The number of hydrogen-bond donors (Lipinski definition) is 1. The zero-order valence-corrected chi connectivity index (χ0v) is 6.90. The van der Waals surface area contributed by atoms with E-state index < -0.39 is 5.91 Å². The number of carbonyl (C=O) groups is 1. The third kappa shape index (κ3) is 4.13. The van der Waals surface area contributed by atoms with Crippen LogP contribution >= 0.6 is 0 Å². The second kappa shape index (κ2) is 2.86. The third-order valence-corrected chi connectivity index (χ3v) is 1.09. The van der Waals surface area contributed by atoms with Gasteiger partial charge in [0.2, 0.25) is 5.91 Å². The summed E-state index contributed by atoms with van der Waals surface area (Å²) >= 11 is 0. The summed E-state index contributed by atoms with van der Waals surface area (Å²) in [6, 6.07) is 0. The van der Waals surface area contributed by atoms with Crippen molar-refractivity contribution in [2.75, 3.05) is 0 Å². The molecule has 0 bridgehead atoms. The molecule has 0 heterocycles. The lowest BCUT2D eigenvalue weighted by Crippen LogP contribution is -2.17. The Morgan fingerprint density at radius 2 is 1.90 bits per heavy atom. The third-order valence-electron chi connectivity index (χ3n) is 1.09. The van der Waals surface area contributed by atoms with Crippen molar-refractivity contribution in [1.82, 2.24) is 0 Å². The molecule has 0 fully saturated rings. The maximum absolute atomic E-state index is 10.5. The van der Waals surface area contributed by atoms with Crippen molar-refractivity contribution in [2.24, 2.45) is 11.1 Å². The summed E-state index contributed by atoms with van der Waals surface area (Å²) in [5.74, 6) is -0.394. The number of primary amides is 1. The molecular formula is C8H15NO.